The van der Waals surface area contributed by atoms with Gasteiger partial charge in [-0.2, -0.15) is 0 Å². The van der Waals surface area contributed by atoms with E-state index < -0.39 is 0 Å². The van der Waals surface area contributed by atoms with Gasteiger partial charge in [-0.05, 0) is 31.0 Å². The van der Waals surface area contributed by atoms with Gasteiger partial charge >= 0.3 is 0 Å². The Morgan fingerprint density at radius 1 is 1.28 bits per heavy atom. The average Bonchev–Trinajstić information content (AvgIpc) is 2.37. The Bertz CT molecular complexity index is 569. The number of hydrogen-bond donors (Lipinski definition) is 1. The zero-order chi connectivity index (χ0) is 13.1. The Morgan fingerprint density at radius 3 is 2.67 bits per heavy atom. The number of ether oxygens (including phenoxy) is 1. The summed E-state index contributed by atoms with van der Waals surface area (Å²) in [4.78, 5) is 4.47. The highest BCUT2D eigenvalue weighted by atomic mass is 19.1. The summed E-state index contributed by atoms with van der Waals surface area (Å²) in [5.74, 6) is 0.698. The van der Waals surface area contributed by atoms with Gasteiger partial charge in [-0.1, -0.05) is 6.92 Å². The molecular weight excluding hydrogens is 231 g/mol. The molecule has 0 bridgehead atoms. The SMILES string of the molecule is CCNc1nc2cc(F)c(OC)cc2cc1CC. The van der Waals surface area contributed by atoms with Crippen molar-refractivity contribution in [2.45, 2.75) is 20.3 Å². The standard InChI is InChI=1S/C14H17FN2O/c1-4-9-6-10-7-13(18-3)11(15)8-12(10)17-14(9)16-5-2/h6-8H,4-5H2,1-3H3,(H,16,17). The highest BCUT2D eigenvalue weighted by molar-refractivity contribution is 5.83. The van der Waals surface area contributed by atoms with E-state index in [4.69, 9.17) is 4.74 Å². The van der Waals surface area contributed by atoms with Crippen LogP contribution in [0.25, 0.3) is 10.9 Å². The molecule has 0 amide bonds. The van der Waals surface area contributed by atoms with E-state index in [0.717, 1.165) is 29.7 Å². The molecule has 2 aromatic rings. The first-order valence-corrected chi connectivity index (χ1v) is 6.10. The zero-order valence-corrected chi connectivity index (χ0v) is 10.9. The van der Waals surface area contributed by atoms with Crippen LogP contribution in [0.2, 0.25) is 0 Å². The summed E-state index contributed by atoms with van der Waals surface area (Å²) >= 11 is 0. The minimum Gasteiger partial charge on any atom is -0.494 e. The van der Waals surface area contributed by atoms with Crippen molar-refractivity contribution in [1.82, 2.24) is 4.98 Å². The quantitative estimate of drug-likeness (QED) is 0.900. The largest absolute Gasteiger partial charge is 0.494 e. The van der Waals surface area contributed by atoms with E-state index >= 15 is 0 Å². The van der Waals surface area contributed by atoms with Crippen LogP contribution in [0.15, 0.2) is 18.2 Å². The van der Waals surface area contributed by atoms with Crippen molar-refractivity contribution in [3.8, 4) is 5.75 Å². The summed E-state index contributed by atoms with van der Waals surface area (Å²) in [7, 11) is 1.46. The summed E-state index contributed by atoms with van der Waals surface area (Å²) in [5.41, 5.74) is 1.76. The molecule has 1 N–H and O–H groups in total. The van der Waals surface area contributed by atoms with Crippen molar-refractivity contribution in [2.24, 2.45) is 0 Å². The van der Waals surface area contributed by atoms with Crippen LogP contribution in [0.4, 0.5) is 10.2 Å². The van der Waals surface area contributed by atoms with E-state index in [-0.39, 0.29) is 11.6 Å². The van der Waals surface area contributed by atoms with Crippen LogP contribution in [-0.4, -0.2) is 18.6 Å². The number of pyridine rings is 1. The molecule has 0 saturated heterocycles. The number of halogens is 1. The minimum atomic E-state index is -0.385. The molecule has 0 spiro atoms. The first-order chi connectivity index (χ1) is 8.69. The Kier molecular flexibility index (Phi) is 3.65. The molecule has 0 aliphatic rings. The number of fused-ring (bicyclic) bond motifs is 1. The normalized spacial score (nSPS) is 10.7. The lowest BCUT2D eigenvalue weighted by Crippen LogP contribution is -2.03. The van der Waals surface area contributed by atoms with Gasteiger partial charge in [0, 0.05) is 18.0 Å². The van der Waals surface area contributed by atoms with Crippen molar-refractivity contribution >= 4 is 16.7 Å². The molecule has 0 saturated carbocycles. The van der Waals surface area contributed by atoms with Crippen LogP contribution in [0.5, 0.6) is 5.75 Å². The number of methoxy groups -OCH3 is 1. The molecule has 96 valence electrons. The molecule has 0 aliphatic heterocycles. The predicted octanol–water partition coefficient (Wildman–Crippen LogP) is 3.38. The van der Waals surface area contributed by atoms with Gasteiger partial charge in [0.2, 0.25) is 0 Å². The highest BCUT2D eigenvalue weighted by Crippen LogP contribution is 2.27. The Hall–Kier alpha value is -1.84. The first-order valence-electron chi connectivity index (χ1n) is 6.10. The molecule has 4 heteroatoms. The number of benzene rings is 1. The summed E-state index contributed by atoms with van der Waals surface area (Å²) in [6, 6.07) is 5.13. The van der Waals surface area contributed by atoms with Crippen molar-refractivity contribution < 1.29 is 9.13 Å². The van der Waals surface area contributed by atoms with Gasteiger partial charge in [0.15, 0.2) is 11.6 Å². The summed E-state index contributed by atoms with van der Waals surface area (Å²) < 4.78 is 18.6. The molecule has 2 rings (SSSR count). The maximum atomic E-state index is 13.6. The van der Waals surface area contributed by atoms with Crippen LogP contribution < -0.4 is 10.1 Å². The Morgan fingerprint density at radius 2 is 2.06 bits per heavy atom. The van der Waals surface area contributed by atoms with Crippen molar-refractivity contribution in [2.75, 3.05) is 19.0 Å². The number of rotatable bonds is 4. The van der Waals surface area contributed by atoms with Gasteiger partial charge in [-0.25, -0.2) is 9.37 Å². The van der Waals surface area contributed by atoms with Gasteiger partial charge in [0.1, 0.15) is 5.82 Å². The van der Waals surface area contributed by atoms with Crippen LogP contribution in [0.3, 0.4) is 0 Å². The first kappa shape index (κ1) is 12.6. The van der Waals surface area contributed by atoms with Crippen molar-refractivity contribution in [3.63, 3.8) is 0 Å². The zero-order valence-electron chi connectivity index (χ0n) is 10.9. The number of aryl methyl sites for hydroxylation is 1. The van der Waals surface area contributed by atoms with Gasteiger partial charge in [0.25, 0.3) is 0 Å². The van der Waals surface area contributed by atoms with Crippen molar-refractivity contribution in [1.29, 1.82) is 0 Å². The van der Waals surface area contributed by atoms with E-state index in [1.54, 1.807) is 6.07 Å². The van der Waals surface area contributed by atoms with Gasteiger partial charge in [-0.15, -0.1) is 0 Å². The maximum Gasteiger partial charge on any atom is 0.167 e. The van der Waals surface area contributed by atoms with E-state index in [1.807, 2.05) is 13.0 Å². The number of nitrogens with one attached hydrogen (secondary N) is 1. The van der Waals surface area contributed by atoms with Crippen LogP contribution in [0, 0.1) is 5.82 Å². The number of aromatic nitrogens is 1. The van der Waals surface area contributed by atoms with Gasteiger partial charge in [-0.3, -0.25) is 0 Å². The Balaban J connectivity index is 2.63. The molecule has 0 aliphatic carbocycles. The molecule has 3 nitrogen and oxygen atoms in total. The highest BCUT2D eigenvalue weighted by Gasteiger charge is 2.09. The summed E-state index contributed by atoms with van der Waals surface area (Å²) in [5, 5.41) is 4.10. The third kappa shape index (κ3) is 2.23. The fraction of sp³-hybridized carbons (Fsp3) is 0.357. The lowest BCUT2D eigenvalue weighted by Gasteiger charge is -2.11. The Labute approximate surface area is 106 Å². The third-order valence-electron chi connectivity index (χ3n) is 2.89. The van der Waals surface area contributed by atoms with Gasteiger partial charge < -0.3 is 10.1 Å². The molecule has 0 fully saturated rings. The second-order valence-electron chi connectivity index (χ2n) is 4.06. The molecule has 0 atom stereocenters. The average molecular weight is 248 g/mol. The summed E-state index contributed by atoms with van der Waals surface area (Å²) in [6.45, 7) is 4.88. The van der Waals surface area contributed by atoms with Gasteiger partial charge in [0.05, 0.1) is 12.6 Å². The number of hydrogen-bond acceptors (Lipinski definition) is 3. The van der Waals surface area contributed by atoms with Crippen LogP contribution in [0.1, 0.15) is 19.4 Å². The molecule has 1 heterocycles. The topological polar surface area (TPSA) is 34.2 Å². The smallest absolute Gasteiger partial charge is 0.167 e. The lowest BCUT2D eigenvalue weighted by molar-refractivity contribution is 0.387. The molecule has 18 heavy (non-hydrogen) atoms. The maximum absolute atomic E-state index is 13.6. The second kappa shape index (κ2) is 5.21. The molecule has 0 unspecified atom stereocenters. The van der Waals surface area contributed by atoms with Crippen molar-refractivity contribution in [3.05, 3.63) is 29.6 Å². The fourth-order valence-electron chi connectivity index (χ4n) is 1.97. The minimum absolute atomic E-state index is 0.252. The molecule has 1 aromatic carbocycles. The predicted molar refractivity (Wildman–Crippen MR) is 71.8 cm³/mol. The van der Waals surface area contributed by atoms with E-state index in [0.29, 0.717) is 5.52 Å². The molecule has 1 aromatic heterocycles. The monoisotopic (exact) mass is 248 g/mol. The molecular formula is C14H17FN2O. The summed E-state index contributed by atoms with van der Waals surface area (Å²) in [6.07, 6.45) is 0.880. The number of anilines is 1. The molecule has 0 radical (unpaired) electrons. The van der Waals surface area contributed by atoms with Crippen LogP contribution in [-0.2, 0) is 6.42 Å². The fourth-order valence-corrected chi connectivity index (χ4v) is 1.97. The van der Waals surface area contributed by atoms with E-state index in [2.05, 4.69) is 17.2 Å². The van der Waals surface area contributed by atoms with E-state index in [1.165, 1.54) is 13.2 Å². The number of nitrogens with zero attached hydrogens (tertiary/aromatic N) is 1. The second-order valence-corrected chi connectivity index (χ2v) is 4.06. The van der Waals surface area contributed by atoms with E-state index in [9.17, 15) is 4.39 Å². The van der Waals surface area contributed by atoms with Crippen LogP contribution >= 0.6 is 0 Å². The third-order valence-corrected chi connectivity index (χ3v) is 2.89. The lowest BCUT2D eigenvalue weighted by atomic mass is 10.1.